The molecule has 10 heteroatoms. The molecule has 2 fully saturated rings. The molecule has 0 unspecified atom stereocenters. The molecule has 9 nitrogen and oxygen atoms in total. The number of aromatic nitrogens is 1. The molecular weight excluding hydrogens is 482 g/mol. The van der Waals surface area contributed by atoms with Gasteiger partial charge in [-0.1, -0.05) is 6.92 Å². The van der Waals surface area contributed by atoms with E-state index >= 15 is 0 Å². The number of pyridine rings is 1. The lowest BCUT2D eigenvalue weighted by Crippen LogP contribution is -2.44. The van der Waals surface area contributed by atoms with E-state index in [9.17, 15) is 23.1 Å². The number of rotatable bonds is 6. The number of benzene rings is 1. The lowest BCUT2D eigenvalue weighted by molar-refractivity contribution is -0.126. The molecule has 5 rings (SSSR count). The number of sulfonamides is 1. The highest BCUT2D eigenvalue weighted by Gasteiger charge is 2.33. The third-order valence-corrected chi connectivity index (χ3v) is 9.67. The second kappa shape index (κ2) is 10.1. The summed E-state index contributed by atoms with van der Waals surface area (Å²) < 4.78 is 33.9. The van der Waals surface area contributed by atoms with E-state index < -0.39 is 16.0 Å². The zero-order valence-electron chi connectivity index (χ0n) is 20.5. The lowest BCUT2D eigenvalue weighted by Gasteiger charge is -2.31. The van der Waals surface area contributed by atoms with Crippen LogP contribution < -0.4 is 5.32 Å². The van der Waals surface area contributed by atoms with Gasteiger partial charge in [0.2, 0.25) is 15.9 Å². The van der Waals surface area contributed by atoms with E-state index in [0.717, 1.165) is 43.5 Å². The molecule has 1 amide bonds. The monoisotopic (exact) mass is 515 g/mol. The molecule has 2 atom stereocenters. The number of nitrogens with one attached hydrogen (secondary N) is 1. The van der Waals surface area contributed by atoms with Crippen molar-refractivity contribution in [2.24, 2.45) is 11.8 Å². The summed E-state index contributed by atoms with van der Waals surface area (Å²) in [7, 11) is -3.84. The summed E-state index contributed by atoms with van der Waals surface area (Å²) in [5.41, 5.74) is 2.19. The van der Waals surface area contributed by atoms with Gasteiger partial charge in [-0.05, 0) is 74.6 Å². The van der Waals surface area contributed by atoms with Crippen molar-refractivity contribution < 1.29 is 27.9 Å². The number of carbonyl (C=O) groups is 2. The quantitative estimate of drug-likeness (QED) is 0.606. The summed E-state index contributed by atoms with van der Waals surface area (Å²) in [6, 6.07) is 4.58. The molecule has 2 aromatic rings. The summed E-state index contributed by atoms with van der Waals surface area (Å²) in [4.78, 5) is 29.6. The molecule has 1 aromatic heterocycles. The van der Waals surface area contributed by atoms with Gasteiger partial charge in [-0.3, -0.25) is 9.78 Å². The number of piperidine rings is 1. The number of carbonyl (C=O) groups excluding carboxylic acids is 1. The van der Waals surface area contributed by atoms with Gasteiger partial charge in [0.1, 0.15) is 0 Å². The lowest BCUT2D eigenvalue weighted by atomic mass is 9.84. The molecule has 0 bridgehead atoms. The summed E-state index contributed by atoms with van der Waals surface area (Å²) in [5, 5.41) is 13.3. The molecule has 2 aliphatic heterocycles. The largest absolute Gasteiger partial charge is 0.478 e. The Kier molecular flexibility index (Phi) is 7.02. The zero-order chi connectivity index (χ0) is 25.4. The van der Waals surface area contributed by atoms with Crippen LogP contribution in [0.5, 0.6) is 0 Å². The Labute approximate surface area is 211 Å². The van der Waals surface area contributed by atoms with Gasteiger partial charge >= 0.3 is 5.97 Å². The van der Waals surface area contributed by atoms with Crippen LogP contribution in [-0.4, -0.2) is 67.0 Å². The maximum absolute atomic E-state index is 13.5. The number of aryl methyl sites for hydroxylation is 1. The Bertz CT molecular complexity index is 1280. The molecule has 3 aliphatic rings. The Hall–Kier alpha value is -2.56. The van der Waals surface area contributed by atoms with Gasteiger partial charge in [0.15, 0.2) is 0 Å². The minimum absolute atomic E-state index is 0.0515. The van der Waals surface area contributed by atoms with Gasteiger partial charge in [-0.25, -0.2) is 13.2 Å². The molecule has 1 aromatic carbocycles. The molecule has 36 heavy (non-hydrogen) atoms. The third kappa shape index (κ3) is 4.86. The van der Waals surface area contributed by atoms with Crippen LogP contribution >= 0.6 is 0 Å². The molecule has 1 aliphatic carbocycles. The average Bonchev–Trinajstić information content (AvgIpc) is 3.39. The van der Waals surface area contributed by atoms with Crippen LogP contribution in [0, 0.1) is 11.8 Å². The second-order valence-electron chi connectivity index (χ2n) is 10.3. The minimum Gasteiger partial charge on any atom is -0.478 e. The van der Waals surface area contributed by atoms with Crippen molar-refractivity contribution in [2.45, 2.75) is 62.9 Å². The van der Waals surface area contributed by atoms with Crippen molar-refractivity contribution in [3.8, 4) is 0 Å². The number of carboxylic acids is 1. The normalized spacial score (nSPS) is 23.5. The van der Waals surface area contributed by atoms with Crippen LogP contribution in [0.1, 0.15) is 60.6 Å². The topological polar surface area (TPSA) is 126 Å². The van der Waals surface area contributed by atoms with E-state index in [1.54, 1.807) is 6.07 Å². The molecular formula is C26H33N3O6S. The highest BCUT2D eigenvalue weighted by molar-refractivity contribution is 7.89. The predicted molar refractivity (Wildman–Crippen MR) is 133 cm³/mol. The van der Waals surface area contributed by atoms with Crippen LogP contribution in [0.15, 0.2) is 23.1 Å². The minimum atomic E-state index is -3.84. The van der Waals surface area contributed by atoms with Crippen LogP contribution in [0.25, 0.3) is 10.9 Å². The van der Waals surface area contributed by atoms with Gasteiger partial charge in [-0.15, -0.1) is 0 Å². The maximum atomic E-state index is 13.5. The fraction of sp³-hybridized carbons (Fsp3) is 0.577. The van der Waals surface area contributed by atoms with E-state index in [1.807, 2.05) is 0 Å². The Morgan fingerprint density at radius 1 is 1.19 bits per heavy atom. The first-order valence-corrected chi connectivity index (χ1v) is 14.3. The van der Waals surface area contributed by atoms with Crippen molar-refractivity contribution >= 4 is 32.8 Å². The smallest absolute Gasteiger partial charge is 0.336 e. The molecule has 3 heterocycles. The highest BCUT2D eigenvalue weighted by Crippen LogP contribution is 2.33. The molecule has 0 spiro atoms. The summed E-state index contributed by atoms with van der Waals surface area (Å²) in [6.07, 6.45) is 5.22. The predicted octanol–water partition coefficient (Wildman–Crippen LogP) is 2.75. The fourth-order valence-electron chi connectivity index (χ4n) is 5.67. The number of ether oxygens (including phenoxy) is 1. The van der Waals surface area contributed by atoms with Gasteiger partial charge < -0.3 is 15.2 Å². The number of aromatic carboxylic acids is 1. The summed E-state index contributed by atoms with van der Waals surface area (Å²) in [6.45, 7) is 3.80. The van der Waals surface area contributed by atoms with Crippen LogP contribution in [0.3, 0.4) is 0 Å². The number of nitrogens with zero attached hydrogens (tertiary/aromatic N) is 2. The molecule has 194 valence electrons. The second-order valence-corrected chi connectivity index (χ2v) is 12.2. The highest BCUT2D eigenvalue weighted by atomic mass is 32.2. The van der Waals surface area contributed by atoms with Gasteiger partial charge in [0.25, 0.3) is 0 Å². The Morgan fingerprint density at radius 3 is 2.67 bits per heavy atom. The van der Waals surface area contributed by atoms with Crippen LogP contribution in [-0.2, 0) is 32.4 Å². The summed E-state index contributed by atoms with van der Waals surface area (Å²) in [5.74, 6) is -0.988. The van der Waals surface area contributed by atoms with Crippen molar-refractivity contribution in [1.82, 2.24) is 14.6 Å². The van der Waals surface area contributed by atoms with Crippen molar-refractivity contribution in [3.05, 3.63) is 35.0 Å². The fourth-order valence-corrected chi connectivity index (χ4v) is 7.17. The zero-order valence-corrected chi connectivity index (χ0v) is 21.3. The van der Waals surface area contributed by atoms with E-state index in [-0.39, 0.29) is 41.5 Å². The van der Waals surface area contributed by atoms with Crippen molar-refractivity contribution in [2.75, 3.05) is 26.2 Å². The van der Waals surface area contributed by atoms with Crippen molar-refractivity contribution in [3.63, 3.8) is 0 Å². The van der Waals surface area contributed by atoms with Crippen LogP contribution in [0.4, 0.5) is 0 Å². The first-order valence-electron chi connectivity index (χ1n) is 12.8. The molecule has 2 N–H and O–H groups in total. The van der Waals surface area contributed by atoms with E-state index in [2.05, 4.69) is 17.2 Å². The third-order valence-electron chi connectivity index (χ3n) is 7.77. The molecule has 2 saturated heterocycles. The summed E-state index contributed by atoms with van der Waals surface area (Å²) >= 11 is 0. The maximum Gasteiger partial charge on any atom is 0.336 e. The number of amides is 1. The first-order chi connectivity index (χ1) is 17.2. The number of fused-ring (bicyclic) bond motifs is 2. The number of hydrogen-bond acceptors (Lipinski definition) is 6. The van der Waals surface area contributed by atoms with Crippen molar-refractivity contribution in [1.29, 1.82) is 0 Å². The van der Waals surface area contributed by atoms with Gasteiger partial charge in [-0.2, -0.15) is 4.31 Å². The first kappa shape index (κ1) is 25.1. The number of carboxylic acid groups (broad SMARTS) is 1. The van der Waals surface area contributed by atoms with E-state index in [1.165, 1.54) is 16.4 Å². The Balaban J connectivity index is 1.34. The SMILES string of the molecule is C[C@@H]1CCc2nc3ccc(S(=O)(=O)N4CCC(C(=O)NC[C@@H]5CCCO5)CC4)cc3c(C(=O)O)c2C1. The molecule has 0 radical (unpaired) electrons. The standard InChI is InChI=1S/C26H33N3O6S/c1-16-4-6-22-20(13-16)24(26(31)32)21-14-19(5-7-23(21)28-22)36(33,34)29-10-8-17(9-11-29)25(30)27-15-18-3-2-12-35-18/h5,7,14,16-18H,2-4,6,8-13,15H2,1H3,(H,27,30)(H,31,32)/t16-,18+/m1/s1. The van der Waals surface area contributed by atoms with Gasteiger partial charge in [0, 0.05) is 43.2 Å². The van der Waals surface area contributed by atoms with Crippen LogP contribution in [0.2, 0.25) is 0 Å². The van der Waals surface area contributed by atoms with Gasteiger partial charge in [0.05, 0.1) is 22.1 Å². The van der Waals surface area contributed by atoms with E-state index in [0.29, 0.717) is 42.6 Å². The number of hydrogen-bond donors (Lipinski definition) is 2. The average molecular weight is 516 g/mol. The Morgan fingerprint density at radius 2 is 1.97 bits per heavy atom. The van der Waals surface area contributed by atoms with E-state index in [4.69, 9.17) is 4.74 Å². The molecule has 0 saturated carbocycles.